The molecule has 0 amide bonds. The summed E-state index contributed by atoms with van der Waals surface area (Å²) in [5.41, 5.74) is 2.24. The van der Waals surface area contributed by atoms with E-state index in [1.807, 2.05) is 30.0 Å². The highest BCUT2D eigenvalue weighted by Crippen LogP contribution is 2.29. The lowest BCUT2D eigenvalue weighted by Crippen LogP contribution is -2.23. The van der Waals surface area contributed by atoms with E-state index < -0.39 is 0 Å². The Morgan fingerprint density at radius 1 is 1.16 bits per heavy atom. The van der Waals surface area contributed by atoms with Crippen LogP contribution in [0, 0.1) is 5.92 Å². The minimum atomic E-state index is 0.560. The van der Waals surface area contributed by atoms with Crippen molar-refractivity contribution in [2.24, 2.45) is 13.0 Å². The van der Waals surface area contributed by atoms with Gasteiger partial charge in [-0.05, 0) is 36.7 Å². The van der Waals surface area contributed by atoms with Crippen LogP contribution in [-0.2, 0) is 13.6 Å². The van der Waals surface area contributed by atoms with E-state index in [2.05, 4.69) is 54.2 Å². The van der Waals surface area contributed by atoms with Gasteiger partial charge in [-0.25, -0.2) is 4.98 Å². The number of thioether (sulfide) groups is 1. The SMILES string of the molecule is COc1ccccc1SCC(C)CNCc1nc2ccccc2n1C. The average Bonchev–Trinajstić information content (AvgIpc) is 2.96. The molecule has 4 nitrogen and oxygen atoms in total. The molecule has 0 aliphatic heterocycles. The third-order valence-corrected chi connectivity index (χ3v) is 5.63. The lowest BCUT2D eigenvalue weighted by molar-refractivity contribution is 0.404. The van der Waals surface area contributed by atoms with Gasteiger partial charge in [0, 0.05) is 17.7 Å². The Balaban J connectivity index is 1.49. The van der Waals surface area contributed by atoms with E-state index in [4.69, 9.17) is 9.72 Å². The van der Waals surface area contributed by atoms with E-state index in [-0.39, 0.29) is 0 Å². The largest absolute Gasteiger partial charge is 0.496 e. The van der Waals surface area contributed by atoms with Crippen molar-refractivity contribution >= 4 is 22.8 Å². The van der Waals surface area contributed by atoms with Crippen molar-refractivity contribution in [2.75, 3.05) is 19.4 Å². The van der Waals surface area contributed by atoms with Crippen LogP contribution in [0.15, 0.2) is 53.4 Å². The van der Waals surface area contributed by atoms with E-state index in [0.29, 0.717) is 5.92 Å². The minimum absolute atomic E-state index is 0.560. The Labute approximate surface area is 153 Å². The number of benzene rings is 2. The van der Waals surface area contributed by atoms with E-state index in [1.54, 1.807) is 7.11 Å². The van der Waals surface area contributed by atoms with Crippen LogP contribution in [-0.4, -0.2) is 29.0 Å². The number of hydrogen-bond donors (Lipinski definition) is 1. The first-order valence-corrected chi connectivity index (χ1v) is 9.54. The van der Waals surface area contributed by atoms with Crippen molar-refractivity contribution in [3.63, 3.8) is 0 Å². The highest BCUT2D eigenvalue weighted by atomic mass is 32.2. The summed E-state index contributed by atoms with van der Waals surface area (Å²) < 4.78 is 7.57. The zero-order chi connectivity index (χ0) is 17.6. The molecule has 2 aromatic carbocycles. The molecule has 1 atom stereocenters. The summed E-state index contributed by atoms with van der Waals surface area (Å²) in [6.45, 7) is 4.02. The molecule has 0 fully saturated rings. The fraction of sp³-hybridized carbons (Fsp3) is 0.350. The summed E-state index contributed by atoms with van der Waals surface area (Å²) >= 11 is 1.85. The van der Waals surface area contributed by atoms with Gasteiger partial charge in [0.05, 0.1) is 24.7 Å². The van der Waals surface area contributed by atoms with E-state index in [0.717, 1.165) is 35.9 Å². The van der Waals surface area contributed by atoms with Crippen molar-refractivity contribution in [1.82, 2.24) is 14.9 Å². The number of rotatable bonds is 8. The Bertz CT molecular complexity index is 831. The van der Waals surface area contributed by atoms with Crippen LogP contribution < -0.4 is 10.1 Å². The molecule has 0 saturated heterocycles. The molecular formula is C20H25N3OS. The fourth-order valence-corrected chi connectivity index (χ4v) is 3.86. The molecule has 0 radical (unpaired) electrons. The van der Waals surface area contributed by atoms with Gasteiger partial charge < -0.3 is 14.6 Å². The summed E-state index contributed by atoms with van der Waals surface area (Å²) in [5, 5.41) is 3.54. The first-order valence-electron chi connectivity index (χ1n) is 8.56. The molecule has 5 heteroatoms. The zero-order valence-electron chi connectivity index (χ0n) is 15.0. The number of nitrogens with zero attached hydrogens (tertiary/aromatic N) is 2. The van der Waals surface area contributed by atoms with Crippen LogP contribution in [0.1, 0.15) is 12.7 Å². The topological polar surface area (TPSA) is 39.1 Å². The van der Waals surface area contributed by atoms with Crippen molar-refractivity contribution in [3.8, 4) is 5.75 Å². The zero-order valence-corrected chi connectivity index (χ0v) is 15.8. The van der Waals surface area contributed by atoms with E-state index >= 15 is 0 Å². The number of methoxy groups -OCH3 is 1. The number of hydrogen-bond acceptors (Lipinski definition) is 4. The summed E-state index contributed by atoms with van der Waals surface area (Å²) in [5.74, 6) is 3.64. The third-order valence-electron chi connectivity index (χ3n) is 4.25. The highest BCUT2D eigenvalue weighted by molar-refractivity contribution is 7.99. The van der Waals surface area contributed by atoms with Gasteiger partial charge in [0.1, 0.15) is 11.6 Å². The minimum Gasteiger partial charge on any atom is -0.496 e. The van der Waals surface area contributed by atoms with Gasteiger partial charge in [0.2, 0.25) is 0 Å². The van der Waals surface area contributed by atoms with Crippen molar-refractivity contribution < 1.29 is 4.74 Å². The standard InChI is InChI=1S/C20H25N3OS/c1-15(14-25-19-11-7-6-10-18(19)24-3)12-21-13-20-22-16-8-4-5-9-17(16)23(20)2/h4-11,15,21H,12-14H2,1-3H3. The quantitative estimate of drug-likeness (QED) is 0.618. The molecule has 1 unspecified atom stereocenters. The lowest BCUT2D eigenvalue weighted by atomic mass is 10.2. The molecule has 0 aliphatic carbocycles. The van der Waals surface area contributed by atoms with E-state index in [9.17, 15) is 0 Å². The Morgan fingerprint density at radius 3 is 2.72 bits per heavy atom. The number of aromatic nitrogens is 2. The first kappa shape index (κ1) is 17.8. The number of ether oxygens (including phenoxy) is 1. The highest BCUT2D eigenvalue weighted by Gasteiger charge is 2.09. The van der Waals surface area contributed by atoms with Crippen LogP contribution in [0.3, 0.4) is 0 Å². The van der Waals surface area contributed by atoms with Gasteiger partial charge in [0.25, 0.3) is 0 Å². The molecule has 0 aliphatic rings. The molecule has 1 heterocycles. The van der Waals surface area contributed by atoms with Gasteiger partial charge in [0.15, 0.2) is 0 Å². The predicted molar refractivity (Wildman–Crippen MR) is 105 cm³/mol. The Hall–Kier alpha value is -1.98. The van der Waals surface area contributed by atoms with Gasteiger partial charge in [-0.3, -0.25) is 0 Å². The number of para-hydroxylation sites is 3. The van der Waals surface area contributed by atoms with Crippen LogP contribution in [0.2, 0.25) is 0 Å². The normalized spacial score (nSPS) is 12.4. The Morgan fingerprint density at radius 2 is 1.92 bits per heavy atom. The smallest absolute Gasteiger partial charge is 0.132 e. The molecule has 25 heavy (non-hydrogen) atoms. The Kier molecular flexibility index (Phi) is 6.00. The molecule has 132 valence electrons. The molecular weight excluding hydrogens is 330 g/mol. The van der Waals surface area contributed by atoms with Crippen LogP contribution >= 0.6 is 11.8 Å². The number of imidazole rings is 1. The lowest BCUT2D eigenvalue weighted by Gasteiger charge is -2.13. The molecule has 3 aromatic rings. The number of nitrogens with one attached hydrogen (secondary N) is 1. The average molecular weight is 356 g/mol. The van der Waals surface area contributed by atoms with Gasteiger partial charge in [-0.15, -0.1) is 11.8 Å². The second-order valence-electron chi connectivity index (χ2n) is 6.27. The van der Waals surface area contributed by atoms with Crippen molar-refractivity contribution in [2.45, 2.75) is 18.4 Å². The fourth-order valence-electron chi connectivity index (χ4n) is 2.81. The predicted octanol–water partition coefficient (Wildman–Crippen LogP) is 4.10. The molecule has 3 rings (SSSR count). The molecule has 1 N–H and O–H groups in total. The summed E-state index contributed by atoms with van der Waals surface area (Å²) in [4.78, 5) is 5.91. The van der Waals surface area contributed by atoms with Crippen LogP contribution in [0.5, 0.6) is 5.75 Å². The molecule has 0 spiro atoms. The van der Waals surface area contributed by atoms with Gasteiger partial charge >= 0.3 is 0 Å². The monoisotopic (exact) mass is 355 g/mol. The maximum atomic E-state index is 5.41. The first-order chi connectivity index (χ1) is 12.2. The summed E-state index contributed by atoms with van der Waals surface area (Å²) in [7, 11) is 3.80. The van der Waals surface area contributed by atoms with Crippen LogP contribution in [0.25, 0.3) is 11.0 Å². The molecule has 0 bridgehead atoms. The second-order valence-corrected chi connectivity index (χ2v) is 7.34. The maximum absolute atomic E-state index is 5.41. The molecule has 0 saturated carbocycles. The number of fused-ring (bicyclic) bond motifs is 1. The van der Waals surface area contributed by atoms with Gasteiger partial charge in [-0.1, -0.05) is 31.2 Å². The molecule has 1 aromatic heterocycles. The van der Waals surface area contributed by atoms with E-state index in [1.165, 1.54) is 10.4 Å². The third kappa shape index (κ3) is 4.35. The maximum Gasteiger partial charge on any atom is 0.132 e. The summed E-state index contributed by atoms with van der Waals surface area (Å²) in [6.07, 6.45) is 0. The van der Waals surface area contributed by atoms with Crippen molar-refractivity contribution in [3.05, 3.63) is 54.4 Å². The second kappa shape index (κ2) is 8.41. The van der Waals surface area contributed by atoms with Crippen molar-refractivity contribution in [1.29, 1.82) is 0 Å². The summed E-state index contributed by atoms with van der Waals surface area (Å²) in [6, 6.07) is 16.4. The van der Waals surface area contributed by atoms with Gasteiger partial charge in [-0.2, -0.15) is 0 Å². The number of aryl methyl sites for hydroxylation is 1. The van der Waals surface area contributed by atoms with Crippen LogP contribution in [0.4, 0.5) is 0 Å².